The first kappa shape index (κ1) is 15.9. The summed E-state index contributed by atoms with van der Waals surface area (Å²) in [6.07, 6.45) is 4.31. The molecule has 0 unspecified atom stereocenters. The van der Waals surface area contributed by atoms with Crippen molar-refractivity contribution >= 4 is 0 Å². The molecule has 1 saturated heterocycles. The van der Waals surface area contributed by atoms with E-state index in [1.165, 1.54) is 12.1 Å². The van der Waals surface area contributed by atoms with Gasteiger partial charge in [-0.05, 0) is 62.7 Å². The van der Waals surface area contributed by atoms with E-state index >= 15 is 0 Å². The van der Waals surface area contributed by atoms with Crippen LogP contribution in [0.5, 0.6) is 5.75 Å². The third kappa shape index (κ3) is 3.44. The summed E-state index contributed by atoms with van der Waals surface area (Å²) < 4.78 is 10.9. The van der Waals surface area contributed by atoms with Crippen molar-refractivity contribution in [3.05, 3.63) is 54.2 Å². The third-order valence-corrected chi connectivity index (χ3v) is 4.57. The standard InChI is InChI=1S/C19H22N4O2/c1-2-24-15-9-7-14(8-10-15)19-21-18(25-22-19)13-23-12-4-6-17(23)16-5-3-11-20-16/h3,5,7-11,17,20H,2,4,6,12-13H2,1H3/t17-/m0/s1. The number of benzene rings is 1. The Morgan fingerprint density at radius 3 is 2.92 bits per heavy atom. The average Bonchev–Trinajstić information content (AvgIpc) is 3.38. The fraction of sp³-hybridized carbons (Fsp3) is 0.368. The largest absolute Gasteiger partial charge is 0.494 e. The molecular formula is C19H22N4O2. The van der Waals surface area contributed by atoms with Gasteiger partial charge in [0.1, 0.15) is 5.75 Å². The smallest absolute Gasteiger partial charge is 0.241 e. The zero-order valence-electron chi connectivity index (χ0n) is 14.3. The third-order valence-electron chi connectivity index (χ3n) is 4.57. The van der Waals surface area contributed by atoms with Gasteiger partial charge >= 0.3 is 0 Å². The minimum absolute atomic E-state index is 0.399. The number of H-pyrrole nitrogens is 1. The number of aromatic amines is 1. The minimum Gasteiger partial charge on any atom is -0.494 e. The van der Waals surface area contributed by atoms with Crippen LogP contribution in [0.4, 0.5) is 0 Å². The lowest BCUT2D eigenvalue weighted by atomic mass is 10.1. The molecule has 25 heavy (non-hydrogen) atoms. The number of likely N-dealkylation sites (tertiary alicyclic amines) is 1. The number of rotatable bonds is 6. The molecule has 1 aromatic carbocycles. The summed E-state index contributed by atoms with van der Waals surface area (Å²) >= 11 is 0. The molecule has 0 spiro atoms. The van der Waals surface area contributed by atoms with Crippen LogP contribution in [0.25, 0.3) is 11.4 Å². The molecule has 1 fully saturated rings. The van der Waals surface area contributed by atoms with Crippen molar-refractivity contribution in [1.82, 2.24) is 20.0 Å². The van der Waals surface area contributed by atoms with E-state index in [1.54, 1.807) is 0 Å². The van der Waals surface area contributed by atoms with Gasteiger partial charge in [-0.1, -0.05) is 5.16 Å². The van der Waals surface area contributed by atoms with E-state index in [2.05, 4.69) is 26.1 Å². The predicted octanol–water partition coefficient (Wildman–Crippen LogP) is 3.80. The Bertz CT molecular complexity index is 795. The van der Waals surface area contributed by atoms with Gasteiger partial charge in [-0.3, -0.25) is 4.90 Å². The van der Waals surface area contributed by atoms with Crippen LogP contribution in [0, 0.1) is 0 Å². The Balaban J connectivity index is 1.46. The summed E-state index contributed by atoms with van der Waals surface area (Å²) in [6.45, 7) is 4.35. The molecule has 1 atom stereocenters. The van der Waals surface area contributed by atoms with E-state index < -0.39 is 0 Å². The normalized spacial score (nSPS) is 17.9. The summed E-state index contributed by atoms with van der Waals surface area (Å²) in [5, 5.41) is 4.13. The molecule has 0 amide bonds. The lowest BCUT2D eigenvalue weighted by molar-refractivity contribution is 0.210. The SMILES string of the molecule is CCOc1ccc(-c2noc(CN3CCC[C@H]3c3ccc[nH]3)n2)cc1. The molecule has 3 heterocycles. The summed E-state index contributed by atoms with van der Waals surface area (Å²) in [7, 11) is 0. The van der Waals surface area contributed by atoms with E-state index in [9.17, 15) is 0 Å². The van der Waals surface area contributed by atoms with E-state index in [0.717, 1.165) is 24.3 Å². The van der Waals surface area contributed by atoms with Crippen molar-refractivity contribution < 1.29 is 9.26 Å². The van der Waals surface area contributed by atoms with Gasteiger partial charge in [0.15, 0.2) is 0 Å². The van der Waals surface area contributed by atoms with Crippen LogP contribution in [0.1, 0.15) is 37.4 Å². The van der Waals surface area contributed by atoms with Gasteiger partial charge in [-0.2, -0.15) is 4.98 Å². The Labute approximate surface area is 146 Å². The maximum absolute atomic E-state index is 5.48. The van der Waals surface area contributed by atoms with Crippen LogP contribution in [0.3, 0.4) is 0 Å². The van der Waals surface area contributed by atoms with Crippen molar-refractivity contribution in [3.8, 4) is 17.1 Å². The molecular weight excluding hydrogens is 316 g/mol. The lowest BCUT2D eigenvalue weighted by Gasteiger charge is -2.21. The summed E-state index contributed by atoms with van der Waals surface area (Å²) in [6, 6.07) is 12.3. The van der Waals surface area contributed by atoms with Crippen molar-refractivity contribution in [2.75, 3.05) is 13.2 Å². The Hall–Kier alpha value is -2.60. The van der Waals surface area contributed by atoms with Gasteiger partial charge in [0.2, 0.25) is 11.7 Å². The highest BCUT2D eigenvalue weighted by atomic mass is 16.5. The number of hydrogen-bond acceptors (Lipinski definition) is 5. The van der Waals surface area contributed by atoms with E-state index in [4.69, 9.17) is 9.26 Å². The maximum atomic E-state index is 5.48. The zero-order chi connectivity index (χ0) is 17.1. The molecule has 1 N–H and O–H groups in total. The van der Waals surface area contributed by atoms with Crippen LogP contribution in [0.15, 0.2) is 47.1 Å². The van der Waals surface area contributed by atoms with Gasteiger partial charge in [0, 0.05) is 17.5 Å². The van der Waals surface area contributed by atoms with Gasteiger partial charge < -0.3 is 14.2 Å². The molecule has 0 radical (unpaired) electrons. The van der Waals surface area contributed by atoms with Crippen LogP contribution in [-0.2, 0) is 6.54 Å². The fourth-order valence-electron chi connectivity index (χ4n) is 3.40. The van der Waals surface area contributed by atoms with Crippen molar-refractivity contribution in [1.29, 1.82) is 0 Å². The first-order chi connectivity index (χ1) is 12.3. The second-order valence-electron chi connectivity index (χ2n) is 6.22. The van der Waals surface area contributed by atoms with E-state index in [0.29, 0.717) is 30.9 Å². The van der Waals surface area contributed by atoms with Crippen LogP contribution >= 0.6 is 0 Å². The summed E-state index contributed by atoms with van der Waals surface area (Å²) in [5.41, 5.74) is 2.18. The fourth-order valence-corrected chi connectivity index (χ4v) is 3.40. The zero-order valence-corrected chi connectivity index (χ0v) is 14.3. The minimum atomic E-state index is 0.399. The quantitative estimate of drug-likeness (QED) is 0.740. The molecule has 1 aliphatic rings. The van der Waals surface area contributed by atoms with Crippen molar-refractivity contribution in [2.45, 2.75) is 32.4 Å². The van der Waals surface area contributed by atoms with Gasteiger partial charge in [-0.15, -0.1) is 0 Å². The number of nitrogens with zero attached hydrogens (tertiary/aromatic N) is 3. The highest BCUT2D eigenvalue weighted by molar-refractivity contribution is 5.55. The molecule has 1 aliphatic heterocycles. The van der Waals surface area contributed by atoms with Gasteiger partial charge in [0.25, 0.3) is 0 Å². The Kier molecular flexibility index (Phi) is 4.52. The number of hydrogen-bond donors (Lipinski definition) is 1. The average molecular weight is 338 g/mol. The maximum Gasteiger partial charge on any atom is 0.241 e. The number of ether oxygens (including phenoxy) is 1. The molecule has 6 heteroatoms. The van der Waals surface area contributed by atoms with Crippen LogP contribution < -0.4 is 4.74 Å². The highest BCUT2D eigenvalue weighted by Crippen LogP contribution is 2.32. The van der Waals surface area contributed by atoms with Crippen molar-refractivity contribution in [2.24, 2.45) is 0 Å². The first-order valence-electron chi connectivity index (χ1n) is 8.76. The summed E-state index contributed by atoms with van der Waals surface area (Å²) in [4.78, 5) is 10.3. The molecule has 6 nitrogen and oxygen atoms in total. The molecule has 130 valence electrons. The topological polar surface area (TPSA) is 67.2 Å². The molecule has 2 aromatic heterocycles. The molecule has 0 bridgehead atoms. The summed E-state index contributed by atoms with van der Waals surface area (Å²) in [5.74, 6) is 2.12. The van der Waals surface area contributed by atoms with Crippen molar-refractivity contribution in [3.63, 3.8) is 0 Å². The molecule has 0 saturated carbocycles. The van der Waals surface area contributed by atoms with E-state index in [-0.39, 0.29) is 0 Å². The van der Waals surface area contributed by atoms with Crippen LogP contribution in [-0.4, -0.2) is 33.2 Å². The van der Waals surface area contributed by atoms with E-state index in [1.807, 2.05) is 43.5 Å². The Morgan fingerprint density at radius 1 is 1.28 bits per heavy atom. The van der Waals surface area contributed by atoms with Gasteiger partial charge in [-0.25, -0.2) is 0 Å². The Morgan fingerprint density at radius 2 is 2.16 bits per heavy atom. The lowest BCUT2D eigenvalue weighted by Crippen LogP contribution is -2.23. The second kappa shape index (κ2) is 7.11. The number of aromatic nitrogens is 3. The monoisotopic (exact) mass is 338 g/mol. The van der Waals surface area contributed by atoms with Crippen LogP contribution in [0.2, 0.25) is 0 Å². The second-order valence-corrected chi connectivity index (χ2v) is 6.22. The number of nitrogens with one attached hydrogen (secondary N) is 1. The molecule has 4 rings (SSSR count). The highest BCUT2D eigenvalue weighted by Gasteiger charge is 2.28. The molecule has 0 aliphatic carbocycles. The first-order valence-corrected chi connectivity index (χ1v) is 8.76. The molecule has 3 aromatic rings. The van der Waals surface area contributed by atoms with Gasteiger partial charge in [0.05, 0.1) is 19.2 Å². The predicted molar refractivity (Wildman–Crippen MR) is 94.1 cm³/mol.